The highest BCUT2D eigenvalue weighted by molar-refractivity contribution is 5.96. The molecule has 2 N–H and O–H groups in total. The lowest BCUT2D eigenvalue weighted by Gasteiger charge is -2.05. The molecule has 0 unspecified atom stereocenters. The highest BCUT2D eigenvalue weighted by Gasteiger charge is 2.10. The number of hydrogen-bond donors (Lipinski definition) is 2. The lowest BCUT2D eigenvalue weighted by Crippen LogP contribution is -1.98. The number of rotatable bonds is 4. The summed E-state index contributed by atoms with van der Waals surface area (Å²) in [7, 11) is 0. The van der Waals surface area contributed by atoms with Crippen LogP contribution < -0.4 is 0 Å². The lowest BCUT2D eigenvalue weighted by atomic mass is 10.00. The van der Waals surface area contributed by atoms with E-state index in [1.807, 2.05) is 84.9 Å². The zero-order valence-electron chi connectivity index (χ0n) is 16.1. The number of aromatic carboxylic acids is 2. The minimum Gasteiger partial charge on any atom is -0.478 e. The van der Waals surface area contributed by atoms with Crippen LogP contribution in [0.25, 0.3) is 22.3 Å². The summed E-state index contributed by atoms with van der Waals surface area (Å²) in [5.74, 6) is -1.79. The summed E-state index contributed by atoms with van der Waals surface area (Å²) in [5, 5.41) is 18.1. The fraction of sp³-hybridized carbons (Fsp3) is 0. The summed E-state index contributed by atoms with van der Waals surface area (Å²) in [6.45, 7) is 0. The molecular formula is C26H20O4. The quantitative estimate of drug-likeness (QED) is 0.437. The van der Waals surface area contributed by atoms with Crippen LogP contribution in [-0.2, 0) is 0 Å². The van der Waals surface area contributed by atoms with Gasteiger partial charge in [0.1, 0.15) is 0 Å². The Kier molecular flexibility index (Phi) is 6.74. The van der Waals surface area contributed by atoms with Gasteiger partial charge in [0.25, 0.3) is 0 Å². The van der Waals surface area contributed by atoms with Gasteiger partial charge in [-0.1, -0.05) is 97.1 Å². The summed E-state index contributed by atoms with van der Waals surface area (Å²) in [6.07, 6.45) is 0. The van der Waals surface area contributed by atoms with Gasteiger partial charge in [0.05, 0.1) is 11.1 Å². The Balaban J connectivity index is 0.000000171. The third-order valence-electron chi connectivity index (χ3n) is 4.48. The SMILES string of the molecule is O=C(O)c1ccccc1-c1ccccc1.O=C(O)c1ccccc1-c1ccccc1. The van der Waals surface area contributed by atoms with E-state index in [0.29, 0.717) is 11.1 Å². The fourth-order valence-corrected chi connectivity index (χ4v) is 3.08. The van der Waals surface area contributed by atoms with Crippen molar-refractivity contribution in [3.05, 3.63) is 120 Å². The summed E-state index contributed by atoms with van der Waals surface area (Å²) < 4.78 is 0. The molecule has 0 heterocycles. The molecule has 0 saturated heterocycles. The first-order chi connectivity index (χ1) is 14.6. The molecule has 0 spiro atoms. The Morgan fingerprint density at radius 1 is 0.433 bits per heavy atom. The fourth-order valence-electron chi connectivity index (χ4n) is 3.08. The zero-order chi connectivity index (χ0) is 21.3. The third-order valence-corrected chi connectivity index (χ3v) is 4.48. The molecule has 0 saturated carbocycles. The van der Waals surface area contributed by atoms with E-state index in [1.165, 1.54) is 0 Å². The van der Waals surface area contributed by atoms with Crippen LogP contribution in [0.5, 0.6) is 0 Å². The van der Waals surface area contributed by atoms with Gasteiger partial charge in [0.2, 0.25) is 0 Å². The average Bonchev–Trinajstić information content (AvgIpc) is 2.80. The topological polar surface area (TPSA) is 74.6 Å². The van der Waals surface area contributed by atoms with Crippen LogP contribution in [0.3, 0.4) is 0 Å². The van der Waals surface area contributed by atoms with Gasteiger partial charge in [-0.15, -0.1) is 0 Å². The molecule has 0 bridgehead atoms. The van der Waals surface area contributed by atoms with Gasteiger partial charge >= 0.3 is 11.9 Å². The van der Waals surface area contributed by atoms with E-state index in [4.69, 9.17) is 10.2 Å². The molecule has 0 radical (unpaired) electrons. The molecule has 0 atom stereocenters. The van der Waals surface area contributed by atoms with Crippen LogP contribution in [-0.4, -0.2) is 22.2 Å². The van der Waals surface area contributed by atoms with Crippen molar-refractivity contribution >= 4 is 11.9 Å². The van der Waals surface area contributed by atoms with Crippen molar-refractivity contribution in [1.29, 1.82) is 0 Å². The van der Waals surface area contributed by atoms with Gasteiger partial charge in [0.15, 0.2) is 0 Å². The number of benzene rings is 4. The van der Waals surface area contributed by atoms with E-state index in [1.54, 1.807) is 24.3 Å². The molecule has 4 aromatic rings. The first kappa shape index (κ1) is 20.6. The number of carboxylic acid groups (broad SMARTS) is 2. The van der Waals surface area contributed by atoms with Crippen LogP contribution in [0, 0.1) is 0 Å². The Morgan fingerprint density at radius 2 is 0.733 bits per heavy atom. The van der Waals surface area contributed by atoms with E-state index in [2.05, 4.69) is 0 Å². The molecule has 0 aliphatic rings. The van der Waals surface area contributed by atoms with Gasteiger partial charge in [0, 0.05) is 0 Å². The smallest absolute Gasteiger partial charge is 0.336 e. The summed E-state index contributed by atoms with van der Waals surface area (Å²) in [6, 6.07) is 33.0. The maximum Gasteiger partial charge on any atom is 0.336 e. The van der Waals surface area contributed by atoms with Crippen LogP contribution in [0.4, 0.5) is 0 Å². The molecular weight excluding hydrogens is 376 g/mol. The summed E-state index contributed by atoms with van der Waals surface area (Å²) >= 11 is 0. The first-order valence-electron chi connectivity index (χ1n) is 9.33. The van der Waals surface area contributed by atoms with Crippen LogP contribution in [0.1, 0.15) is 20.7 Å². The second-order valence-corrected chi connectivity index (χ2v) is 6.43. The second-order valence-electron chi connectivity index (χ2n) is 6.43. The first-order valence-corrected chi connectivity index (χ1v) is 9.33. The Morgan fingerprint density at radius 3 is 1.07 bits per heavy atom. The molecule has 0 aromatic heterocycles. The lowest BCUT2D eigenvalue weighted by molar-refractivity contribution is 0.0687. The van der Waals surface area contributed by atoms with E-state index < -0.39 is 11.9 Å². The molecule has 4 nitrogen and oxygen atoms in total. The Bertz CT molecular complexity index is 1040. The van der Waals surface area contributed by atoms with E-state index in [9.17, 15) is 9.59 Å². The largest absolute Gasteiger partial charge is 0.478 e. The van der Waals surface area contributed by atoms with Crippen molar-refractivity contribution in [2.24, 2.45) is 0 Å². The molecule has 30 heavy (non-hydrogen) atoms. The van der Waals surface area contributed by atoms with E-state index >= 15 is 0 Å². The normalized spacial score (nSPS) is 9.87. The van der Waals surface area contributed by atoms with Gasteiger partial charge in [-0.2, -0.15) is 0 Å². The molecule has 0 amide bonds. The molecule has 0 fully saturated rings. The monoisotopic (exact) mass is 396 g/mol. The third kappa shape index (κ3) is 5.00. The summed E-state index contributed by atoms with van der Waals surface area (Å²) in [5.41, 5.74) is 4.04. The number of carbonyl (C=O) groups is 2. The van der Waals surface area contributed by atoms with E-state index in [0.717, 1.165) is 22.3 Å². The van der Waals surface area contributed by atoms with Gasteiger partial charge in [-0.25, -0.2) is 9.59 Å². The van der Waals surface area contributed by atoms with Crippen molar-refractivity contribution in [2.45, 2.75) is 0 Å². The van der Waals surface area contributed by atoms with Crippen LogP contribution in [0.2, 0.25) is 0 Å². The molecule has 148 valence electrons. The van der Waals surface area contributed by atoms with Crippen molar-refractivity contribution in [2.75, 3.05) is 0 Å². The number of hydrogen-bond acceptors (Lipinski definition) is 2. The average molecular weight is 396 g/mol. The molecule has 0 aliphatic heterocycles. The maximum absolute atomic E-state index is 11.0. The molecule has 4 aromatic carbocycles. The second kappa shape index (κ2) is 9.85. The van der Waals surface area contributed by atoms with Crippen LogP contribution in [0.15, 0.2) is 109 Å². The van der Waals surface area contributed by atoms with Gasteiger partial charge in [-0.05, 0) is 34.4 Å². The zero-order valence-corrected chi connectivity index (χ0v) is 16.1. The summed E-state index contributed by atoms with van der Waals surface area (Å²) in [4.78, 5) is 22.0. The minimum atomic E-state index is -0.894. The van der Waals surface area contributed by atoms with Crippen LogP contribution >= 0.6 is 0 Å². The molecule has 0 aliphatic carbocycles. The van der Waals surface area contributed by atoms with Crippen molar-refractivity contribution in [3.63, 3.8) is 0 Å². The molecule has 4 rings (SSSR count). The predicted molar refractivity (Wildman–Crippen MR) is 118 cm³/mol. The van der Waals surface area contributed by atoms with Crippen molar-refractivity contribution in [1.82, 2.24) is 0 Å². The predicted octanol–water partition coefficient (Wildman–Crippen LogP) is 6.10. The highest BCUT2D eigenvalue weighted by atomic mass is 16.4. The van der Waals surface area contributed by atoms with Gasteiger partial charge in [-0.3, -0.25) is 0 Å². The van der Waals surface area contributed by atoms with Crippen molar-refractivity contribution < 1.29 is 19.8 Å². The highest BCUT2D eigenvalue weighted by Crippen LogP contribution is 2.24. The Hall–Kier alpha value is -4.18. The number of carboxylic acids is 2. The van der Waals surface area contributed by atoms with Gasteiger partial charge < -0.3 is 10.2 Å². The standard InChI is InChI=1S/2C13H10O2/c2*14-13(15)12-9-5-4-8-11(12)10-6-2-1-3-7-10/h2*1-9H,(H,14,15). The van der Waals surface area contributed by atoms with E-state index in [-0.39, 0.29) is 0 Å². The van der Waals surface area contributed by atoms with Crippen molar-refractivity contribution in [3.8, 4) is 22.3 Å². The molecule has 4 heteroatoms. The maximum atomic E-state index is 11.0. The Labute approximate surface area is 174 Å². The minimum absolute atomic E-state index is 0.337.